The number of hydrogen-bond acceptors (Lipinski definition) is 5. The lowest BCUT2D eigenvalue weighted by Gasteiger charge is -2.33. The van der Waals surface area contributed by atoms with Gasteiger partial charge >= 0.3 is 0 Å². The highest BCUT2D eigenvalue weighted by molar-refractivity contribution is 7.15. The summed E-state index contributed by atoms with van der Waals surface area (Å²) >= 11 is 1.89. The summed E-state index contributed by atoms with van der Waals surface area (Å²) in [5.41, 5.74) is 7.37. The minimum Gasteiger partial charge on any atom is -0.348 e. The van der Waals surface area contributed by atoms with Crippen molar-refractivity contribution < 1.29 is 0 Å². The van der Waals surface area contributed by atoms with Crippen LogP contribution in [-0.2, 0) is 6.42 Å². The fraction of sp³-hybridized carbons (Fsp3) is 0.800. The molecule has 1 aliphatic carbocycles. The highest BCUT2D eigenvalue weighted by Crippen LogP contribution is 2.36. The SMILES string of the molecule is CN(C)CC1CCN(c2nc3c(s2)CCCC3N)CC1. The summed E-state index contributed by atoms with van der Waals surface area (Å²) in [6.07, 6.45) is 6.07. The van der Waals surface area contributed by atoms with Crippen LogP contribution in [-0.4, -0.2) is 43.6 Å². The molecule has 0 bridgehead atoms. The van der Waals surface area contributed by atoms with Crippen molar-refractivity contribution in [2.45, 2.75) is 38.1 Å². The Balaban J connectivity index is 1.64. The van der Waals surface area contributed by atoms with Gasteiger partial charge in [-0.05, 0) is 52.1 Å². The van der Waals surface area contributed by atoms with E-state index in [9.17, 15) is 0 Å². The van der Waals surface area contributed by atoms with E-state index in [1.807, 2.05) is 11.3 Å². The molecule has 0 spiro atoms. The molecule has 2 N–H and O–H groups in total. The number of hydrogen-bond donors (Lipinski definition) is 1. The molecule has 2 heterocycles. The number of nitrogens with zero attached hydrogens (tertiary/aromatic N) is 3. The summed E-state index contributed by atoms with van der Waals surface area (Å²) < 4.78 is 0. The Hall–Kier alpha value is -0.650. The molecule has 1 aromatic heterocycles. The third kappa shape index (κ3) is 3.00. The quantitative estimate of drug-likeness (QED) is 0.929. The fourth-order valence-electron chi connectivity index (χ4n) is 3.40. The normalized spacial score (nSPS) is 24.2. The molecule has 1 unspecified atom stereocenters. The van der Waals surface area contributed by atoms with Crippen LogP contribution in [0.3, 0.4) is 0 Å². The van der Waals surface area contributed by atoms with Crippen molar-refractivity contribution >= 4 is 16.5 Å². The largest absolute Gasteiger partial charge is 0.348 e. The molecule has 0 radical (unpaired) electrons. The van der Waals surface area contributed by atoms with Crippen molar-refractivity contribution in [1.29, 1.82) is 0 Å². The fourth-order valence-corrected chi connectivity index (χ4v) is 4.62. The van der Waals surface area contributed by atoms with Crippen LogP contribution in [0.1, 0.15) is 42.3 Å². The molecule has 4 nitrogen and oxygen atoms in total. The third-order valence-electron chi connectivity index (χ3n) is 4.49. The van der Waals surface area contributed by atoms with Gasteiger partial charge in [-0.2, -0.15) is 0 Å². The molecule has 0 amide bonds. The maximum atomic E-state index is 6.19. The standard InChI is InChI=1S/C15H26N4S/c1-18(2)10-11-6-8-19(9-7-11)15-17-14-12(16)4-3-5-13(14)20-15/h11-12H,3-10,16H2,1-2H3. The van der Waals surface area contributed by atoms with Gasteiger partial charge in [0.25, 0.3) is 0 Å². The Morgan fingerprint density at radius 2 is 2.05 bits per heavy atom. The van der Waals surface area contributed by atoms with Crippen LogP contribution in [0.15, 0.2) is 0 Å². The van der Waals surface area contributed by atoms with Crippen LogP contribution in [0.2, 0.25) is 0 Å². The van der Waals surface area contributed by atoms with Gasteiger partial charge in [-0.15, -0.1) is 11.3 Å². The number of aromatic nitrogens is 1. The summed E-state index contributed by atoms with van der Waals surface area (Å²) in [4.78, 5) is 11.1. The third-order valence-corrected chi connectivity index (χ3v) is 5.69. The van der Waals surface area contributed by atoms with E-state index in [1.165, 1.54) is 47.9 Å². The summed E-state index contributed by atoms with van der Waals surface area (Å²) in [5.74, 6) is 0.845. The van der Waals surface area contributed by atoms with Gasteiger partial charge in [-0.1, -0.05) is 0 Å². The molecule has 20 heavy (non-hydrogen) atoms. The van der Waals surface area contributed by atoms with Gasteiger partial charge in [0.1, 0.15) is 0 Å². The summed E-state index contributed by atoms with van der Waals surface area (Å²) in [7, 11) is 4.34. The number of thiazole rings is 1. The molecule has 1 fully saturated rings. The van der Waals surface area contributed by atoms with E-state index in [2.05, 4.69) is 23.9 Å². The number of anilines is 1. The highest BCUT2D eigenvalue weighted by atomic mass is 32.1. The average molecular weight is 294 g/mol. The van der Waals surface area contributed by atoms with Gasteiger partial charge in [-0.3, -0.25) is 0 Å². The second-order valence-corrected chi connectivity index (χ2v) is 7.56. The van der Waals surface area contributed by atoms with Gasteiger partial charge < -0.3 is 15.5 Å². The maximum absolute atomic E-state index is 6.19. The molecule has 1 aliphatic heterocycles. The first-order chi connectivity index (χ1) is 9.63. The predicted molar refractivity (Wildman–Crippen MR) is 85.5 cm³/mol. The zero-order valence-corrected chi connectivity index (χ0v) is 13.5. The zero-order chi connectivity index (χ0) is 14.1. The first-order valence-corrected chi connectivity index (χ1v) is 8.60. The van der Waals surface area contributed by atoms with E-state index < -0.39 is 0 Å². The van der Waals surface area contributed by atoms with Gasteiger partial charge in [0.15, 0.2) is 5.13 Å². The second-order valence-electron chi connectivity index (χ2n) is 6.50. The lowest BCUT2D eigenvalue weighted by atomic mass is 9.97. The number of aryl methyl sites for hydroxylation is 1. The molecule has 1 saturated heterocycles. The van der Waals surface area contributed by atoms with Crippen LogP contribution in [0, 0.1) is 5.92 Å². The average Bonchev–Trinajstić information content (AvgIpc) is 2.84. The van der Waals surface area contributed by atoms with Crippen molar-refractivity contribution in [1.82, 2.24) is 9.88 Å². The molecule has 0 aromatic carbocycles. The van der Waals surface area contributed by atoms with Crippen LogP contribution in [0.25, 0.3) is 0 Å². The van der Waals surface area contributed by atoms with E-state index in [4.69, 9.17) is 10.7 Å². The Labute approximate surface area is 126 Å². The van der Waals surface area contributed by atoms with Crippen molar-refractivity contribution in [3.8, 4) is 0 Å². The Morgan fingerprint density at radius 1 is 1.30 bits per heavy atom. The van der Waals surface area contributed by atoms with Crippen molar-refractivity contribution in [2.75, 3.05) is 38.6 Å². The first kappa shape index (κ1) is 14.3. The van der Waals surface area contributed by atoms with E-state index in [-0.39, 0.29) is 6.04 Å². The number of rotatable bonds is 3. The topological polar surface area (TPSA) is 45.4 Å². The van der Waals surface area contributed by atoms with Gasteiger partial charge in [0, 0.05) is 30.6 Å². The smallest absolute Gasteiger partial charge is 0.185 e. The van der Waals surface area contributed by atoms with Crippen LogP contribution < -0.4 is 10.6 Å². The minimum absolute atomic E-state index is 0.176. The predicted octanol–water partition coefficient (Wildman–Crippen LogP) is 2.26. The molecule has 5 heteroatoms. The Bertz CT molecular complexity index is 449. The van der Waals surface area contributed by atoms with Crippen LogP contribution in [0.5, 0.6) is 0 Å². The molecule has 112 valence electrons. The lowest BCUT2D eigenvalue weighted by Crippen LogP contribution is -2.37. The van der Waals surface area contributed by atoms with Crippen molar-refractivity contribution in [3.05, 3.63) is 10.6 Å². The zero-order valence-electron chi connectivity index (χ0n) is 12.6. The minimum atomic E-state index is 0.176. The van der Waals surface area contributed by atoms with E-state index in [0.717, 1.165) is 25.4 Å². The summed E-state index contributed by atoms with van der Waals surface area (Å²) in [6.45, 7) is 3.52. The monoisotopic (exact) mass is 294 g/mol. The Morgan fingerprint density at radius 3 is 2.70 bits per heavy atom. The second kappa shape index (κ2) is 6.00. The Kier molecular flexibility index (Phi) is 4.29. The van der Waals surface area contributed by atoms with Gasteiger partial charge in [-0.25, -0.2) is 4.98 Å². The van der Waals surface area contributed by atoms with E-state index in [1.54, 1.807) is 0 Å². The van der Waals surface area contributed by atoms with Crippen molar-refractivity contribution in [3.63, 3.8) is 0 Å². The van der Waals surface area contributed by atoms with E-state index in [0.29, 0.717) is 0 Å². The van der Waals surface area contributed by atoms with Crippen LogP contribution >= 0.6 is 11.3 Å². The van der Waals surface area contributed by atoms with Crippen LogP contribution in [0.4, 0.5) is 5.13 Å². The summed E-state index contributed by atoms with van der Waals surface area (Å²) in [6, 6.07) is 0.176. The van der Waals surface area contributed by atoms with E-state index >= 15 is 0 Å². The lowest BCUT2D eigenvalue weighted by molar-refractivity contribution is 0.285. The number of nitrogens with two attached hydrogens (primary N) is 1. The molecule has 3 rings (SSSR count). The van der Waals surface area contributed by atoms with Gasteiger partial charge in [0.2, 0.25) is 0 Å². The molecule has 1 atom stereocenters. The molecule has 0 saturated carbocycles. The molecule has 1 aromatic rings. The first-order valence-electron chi connectivity index (χ1n) is 7.78. The molecular formula is C15H26N4S. The molecular weight excluding hydrogens is 268 g/mol. The van der Waals surface area contributed by atoms with Gasteiger partial charge in [0.05, 0.1) is 5.69 Å². The number of piperidine rings is 1. The maximum Gasteiger partial charge on any atom is 0.185 e. The van der Waals surface area contributed by atoms with Crippen molar-refractivity contribution in [2.24, 2.45) is 11.7 Å². The molecule has 2 aliphatic rings. The number of fused-ring (bicyclic) bond motifs is 1. The highest BCUT2D eigenvalue weighted by Gasteiger charge is 2.26. The summed E-state index contributed by atoms with van der Waals surface area (Å²) in [5, 5.41) is 1.22.